The Morgan fingerprint density at radius 2 is 2.25 bits per heavy atom. The topological polar surface area (TPSA) is 62.5 Å². The summed E-state index contributed by atoms with van der Waals surface area (Å²) >= 11 is 3.41. The lowest BCUT2D eigenvalue weighted by molar-refractivity contribution is 0.0923. The number of benzene rings is 1. The van der Waals surface area contributed by atoms with Crippen LogP contribution in [0.5, 0.6) is 0 Å². The van der Waals surface area contributed by atoms with Crippen molar-refractivity contribution in [2.45, 2.75) is 32.8 Å². The molecular weight excluding hydrogens is 322 g/mol. The van der Waals surface area contributed by atoms with Gasteiger partial charge in [-0.05, 0) is 44.9 Å². The number of halogens is 1. The van der Waals surface area contributed by atoms with E-state index in [4.69, 9.17) is 9.52 Å². The molecule has 0 saturated carbocycles. The first-order valence-electron chi connectivity index (χ1n) is 6.64. The summed E-state index contributed by atoms with van der Waals surface area (Å²) in [6.45, 7) is 4.15. The summed E-state index contributed by atoms with van der Waals surface area (Å²) in [6.07, 6.45) is 1.08. The Balaban J connectivity index is 2.08. The number of carbonyl (C=O) groups is 1. The number of amides is 1. The minimum Gasteiger partial charge on any atom is -0.451 e. The molecule has 4 nitrogen and oxygen atoms in total. The van der Waals surface area contributed by atoms with Gasteiger partial charge < -0.3 is 14.8 Å². The number of nitrogens with one attached hydrogen (secondary N) is 1. The quantitative estimate of drug-likeness (QED) is 0.820. The van der Waals surface area contributed by atoms with Gasteiger partial charge in [-0.25, -0.2) is 0 Å². The summed E-state index contributed by atoms with van der Waals surface area (Å²) in [4.78, 5) is 12.1. The molecule has 1 aromatic carbocycles. The molecule has 0 aliphatic rings. The number of rotatable bonds is 5. The largest absolute Gasteiger partial charge is 0.451 e. The van der Waals surface area contributed by atoms with Gasteiger partial charge in [-0.15, -0.1) is 0 Å². The highest BCUT2D eigenvalue weighted by Crippen LogP contribution is 2.27. The molecule has 108 valence electrons. The van der Waals surface area contributed by atoms with Gasteiger partial charge in [0.15, 0.2) is 5.76 Å². The van der Waals surface area contributed by atoms with Crippen molar-refractivity contribution in [1.29, 1.82) is 0 Å². The van der Waals surface area contributed by atoms with E-state index in [0.29, 0.717) is 24.3 Å². The van der Waals surface area contributed by atoms with Crippen molar-refractivity contribution in [2.75, 3.05) is 6.54 Å². The zero-order valence-electron chi connectivity index (χ0n) is 11.6. The van der Waals surface area contributed by atoms with Crippen LogP contribution >= 0.6 is 15.9 Å². The Hall–Kier alpha value is -1.33. The van der Waals surface area contributed by atoms with E-state index in [0.717, 1.165) is 21.8 Å². The lowest BCUT2D eigenvalue weighted by Gasteiger charge is -2.05. The number of hydrogen-bond donors (Lipinski definition) is 2. The van der Waals surface area contributed by atoms with Crippen LogP contribution in [0.3, 0.4) is 0 Å². The number of furan rings is 1. The van der Waals surface area contributed by atoms with Crippen LogP contribution in [0, 0.1) is 6.92 Å². The minimum atomic E-state index is -0.336. The van der Waals surface area contributed by atoms with Crippen LogP contribution in [0.1, 0.15) is 35.9 Å². The van der Waals surface area contributed by atoms with Crippen molar-refractivity contribution < 1.29 is 14.3 Å². The number of carbonyl (C=O) groups excluding carboxylic acids is 1. The summed E-state index contributed by atoms with van der Waals surface area (Å²) in [6, 6.07) is 5.67. The monoisotopic (exact) mass is 339 g/mol. The van der Waals surface area contributed by atoms with Crippen molar-refractivity contribution in [3.05, 3.63) is 34.0 Å². The van der Waals surface area contributed by atoms with Gasteiger partial charge in [0.1, 0.15) is 5.58 Å². The normalized spacial score (nSPS) is 12.6. The zero-order valence-corrected chi connectivity index (χ0v) is 13.2. The summed E-state index contributed by atoms with van der Waals surface area (Å²) in [5.74, 6) is 0.149. The Labute approximate surface area is 126 Å². The standard InChI is InChI=1S/C15H18BrNO3/c1-9(18)4-3-7-17-15(19)14-10(2)12-8-11(16)5-6-13(12)20-14/h5-6,8-9,18H,3-4,7H2,1-2H3,(H,17,19). The van der Waals surface area contributed by atoms with Gasteiger partial charge in [0, 0.05) is 22.0 Å². The molecule has 1 heterocycles. The van der Waals surface area contributed by atoms with Crippen LogP contribution < -0.4 is 5.32 Å². The molecule has 1 unspecified atom stereocenters. The molecule has 0 radical (unpaired) electrons. The summed E-state index contributed by atoms with van der Waals surface area (Å²) in [5.41, 5.74) is 1.55. The molecular formula is C15H18BrNO3. The van der Waals surface area contributed by atoms with E-state index in [1.54, 1.807) is 6.92 Å². The predicted molar refractivity (Wildman–Crippen MR) is 81.9 cm³/mol. The van der Waals surface area contributed by atoms with Gasteiger partial charge in [0.05, 0.1) is 6.10 Å². The second-order valence-corrected chi connectivity index (χ2v) is 5.86. The number of fused-ring (bicyclic) bond motifs is 1. The van der Waals surface area contributed by atoms with E-state index in [2.05, 4.69) is 21.2 Å². The second-order valence-electron chi connectivity index (χ2n) is 4.94. The average molecular weight is 340 g/mol. The smallest absolute Gasteiger partial charge is 0.287 e. The third-order valence-electron chi connectivity index (χ3n) is 3.19. The highest BCUT2D eigenvalue weighted by atomic mass is 79.9. The third-order valence-corrected chi connectivity index (χ3v) is 3.68. The maximum atomic E-state index is 12.1. The maximum absolute atomic E-state index is 12.1. The molecule has 0 saturated heterocycles. The molecule has 2 N–H and O–H groups in total. The van der Waals surface area contributed by atoms with Crippen molar-refractivity contribution in [2.24, 2.45) is 0 Å². The fraction of sp³-hybridized carbons (Fsp3) is 0.400. The molecule has 2 rings (SSSR count). The van der Waals surface area contributed by atoms with Crippen LogP contribution in [-0.4, -0.2) is 23.7 Å². The van der Waals surface area contributed by atoms with E-state index in [1.807, 2.05) is 25.1 Å². The summed E-state index contributed by atoms with van der Waals surface area (Å²) in [7, 11) is 0. The Morgan fingerprint density at radius 1 is 1.50 bits per heavy atom. The third kappa shape index (κ3) is 3.41. The zero-order chi connectivity index (χ0) is 14.7. The molecule has 0 spiro atoms. The van der Waals surface area contributed by atoms with Gasteiger partial charge in [-0.3, -0.25) is 4.79 Å². The highest BCUT2D eigenvalue weighted by Gasteiger charge is 2.17. The van der Waals surface area contributed by atoms with E-state index in [9.17, 15) is 4.79 Å². The minimum absolute atomic E-state index is 0.208. The van der Waals surface area contributed by atoms with Crippen LogP contribution in [0.4, 0.5) is 0 Å². The average Bonchev–Trinajstić information content (AvgIpc) is 2.72. The fourth-order valence-electron chi connectivity index (χ4n) is 2.09. The Morgan fingerprint density at radius 3 is 2.95 bits per heavy atom. The predicted octanol–water partition coefficient (Wildman–Crippen LogP) is 3.39. The second kappa shape index (κ2) is 6.41. The van der Waals surface area contributed by atoms with Gasteiger partial charge >= 0.3 is 0 Å². The van der Waals surface area contributed by atoms with Crippen molar-refractivity contribution in [1.82, 2.24) is 5.32 Å². The molecule has 0 aliphatic heterocycles. The van der Waals surface area contributed by atoms with Crippen LogP contribution in [-0.2, 0) is 0 Å². The number of aliphatic hydroxyl groups is 1. The lowest BCUT2D eigenvalue weighted by atomic mass is 10.1. The van der Waals surface area contributed by atoms with E-state index < -0.39 is 0 Å². The van der Waals surface area contributed by atoms with Gasteiger partial charge in [-0.2, -0.15) is 0 Å². The lowest BCUT2D eigenvalue weighted by Crippen LogP contribution is -2.25. The van der Waals surface area contributed by atoms with Gasteiger partial charge in [0.25, 0.3) is 5.91 Å². The molecule has 1 amide bonds. The molecule has 0 bridgehead atoms. The van der Waals surface area contributed by atoms with Crippen molar-refractivity contribution in [3.63, 3.8) is 0 Å². The van der Waals surface area contributed by atoms with Crippen LogP contribution in [0.2, 0.25) is 0 Å². The SMILES string of the molecule is Cc1c(C(=O)NCCCC(C)O)oc2ccc(Br)cc12. The first kappa shape index (κ1) is 15.1. The van der Waals surface area contributed by atoms with E-state index >= 15 is 0 Å². The number of aryl methyl sites for hydroxylation is 1. The Bertz CT molecular complexity index is 619. The molecule has 0 aliphatic carbocycles. The first-order chi connectivity index (χ1) is 9.49. The Kier molecular flexibility index (Phi) is 4.83. The maximum Gasteiger partial charge on any atom is 0.287 e. The highest BCUT2D eigenvalue weighted by molar-refractivity contribution is 9.10. The molecule has 20 heavy (non-hydrogen) atoms. The number of aliphatic hydroxyl groups excluding tert-OH is 1. The van der Waals surface area contributed by atoms with E-state index in [-0.39, 0.29) is 12.0 Å². The molecule has 1 atom stereocenters. The molecule has 1 aromatic heterocycles. The van der Waals surface area contributed by atoms with Gasteiger partial charge in [0.2, 0.25) is 0 Å². The van der Waals surface area contributed by atoms with Crippen molar-refractivity contribution >= 4 is 32.8 Å². The van der Waals surface area contributed by atoms with Crippen LogP contribution in [0.15, 0.2) is 27.1 Å². The number of hydrogen-bond acceptors (Lipinski definition) is 3. The fourth-order valence-corrected chi connectivity index (χ4v) is 2.45. The molecule has 0 fully saturated rings. The molecule has 2 aromatic rings. The van der Waals surface area contributed by atoms with Crippen molar-refractivity contribution in [3.8, 4) is 0 Å². The van der Waals surface area contributed by atoms with Gasteiger partial charge in [-0.1, -0.05) is 15.9 Å². The first-order valence-corrected chi connectivity index (χ1v) is 7.43. The molecule has 5 heteroatoms. The summed E-state index contributed by atoms with van der Waals surface area (Å²) in [5, 5.41) is 12.9. The van der Waals surface area contributed by atoms with E-state index in [1.165, 1.54) is 0 Å². The summed E-state index contributed by atoms with van der Waals surface area (Å²) < 4.78 is 6.57. The van der Waals surface area contributed by atoms with Crippen LogP contribution in [0.25, 0.3) is 11.0 Å².